The van der Waals surface area contributed by atoms with Crippen molar-refractivity contribution in [2.24, 2.45) is 0 Å². The molecule has 1 atom stereocenters. The first kappa shape index (κ1) is 25.0. The van der Waals surface area contributed by atoms with Crippen LogP contribution in [0.15, 0.2) is 21.6 Å². The first-order valence-electron chi connectivity index (χ1n) is 11.0. The molecule has 12 heteroatoms. The van der Waals surface area contributed by atoms with Gasteiger partial charge in [-0.3, -0.25) is 9.69 Å². The zero-order valence-electron chi connectivity index (χ0n) is 19.4. The van der Waals surface area contributed by atoms with E-state index in [1.54, 1.807) is 32.6 Å². The fraction of sp³-hybridized carbons (Fsp3) is 0.667. The third-order valence-electron chi connectivity index (χ3n) is 5.37. The molecular formula is C21H31N3O8S. The van der Waals surface area contributed by atoms with Crippen LogP contribution in [0, 0.1) is 0 Å². The molecule has 0 bridgehead atoms. The largest absolute Gasteiger partial charge is 0.460 e. The summed E-state index contributed by atoms with van der Waals surface area (Å²) in [5, 5.41) is -0.350. The molecule has 3 heterocycles. The summed E-state index contributed by atoms with van der Waals surface area (Å²) in [6, 6.07) is 1.87. The van der Waals surface area contributed by atoms with E-state index in [1.165, 1.54) is 21.3 Å². The SMILES string of the molecule is CCOC(=O)c1ccc(S(=O)(=O)N2CCN(C(=O)[C@@H]3CCCN3C(=O)OC(C)(C)C)CC2)o1. The molecule has 0 spiro atoms. The average molecular weight is 486 g/mol. The van der Waals surface area contributed by atoms with Crippen molar-refractivity contribution >= 4 is 28.0 Å². The predicted octanol–water partition coefficient (Wildman–Crippen LogP) is 1.69. The van der Waals surface area contributed by atoms with Crippen LogP contribution in [-0.4, -0.2) is 91.5 Å². The van der Waals surface area contributed by atoms with Gasteiger partial charge in [-0.05, 0) is 52.7 Å². The molecule has 2 fully saturated rings. The van der Waals surface area contributed by atoms with Gasteiger partial charge in [0.1, 0.15) is 11.6 Å². The van der Waals surface area contributed by atoms with Crippen molar-refractivity contribution in [3.63, 3.8) is 0 Å². The lowest BCUT2D eigenvalue weighted by Gasteiger charge is -2.36. The molecule has 11 nitrogen and oxygen atoms in total. The van der Waals surface area contributed by atoms with Gasteiger partial charge in [-0.2, -0.15) is 4.31 Å². The van der Waals surface area contributed by atoms with Crippen LogP contribution in [0.3, 0.4) is 0 Å². The number of nitrogens with zero attached hydrogens (tertiary/aromatic N) is 3. The normalized spacial score (nSPS) is 20.1. The number of sulfonamides is 1. The fourth-order valence-electron chi connectivity index (χ4n) is 3.82. The highest BCUT2D eigenvalue weighted by Crippen LogP contribution is 2.25. The van der Waals surface area contributed by atoms with Gasteiger partial charge in [-0.15, -0.1) is 0 Å². The molecular weight excluding hydrogens is 454 g/mol. The molecule has 0 N–H and O–H groups in total. The van der Waals surface area contributed by atoms with Gasteiger partial charge in [0.15, 0.2) is 0 Å². The van der Waals surface area contributed by atoms with Crippen molar-refractivity contribution in [2.45, 2.75) is 57.3 Å². The number of hydrogen-bond acceptors (Lipinski definition) is 8. The Morgan fingerprint density at radius 3 is 2.36 bits per heavy atom. The topological polar surface area (TPSA) is 127 Å². The molecule has 1 aromatic rings. The summed E-state index contributed by atoms with van der Waals surface area (Å²) in [5.41, 5.74) is -0.660. The molecule has 1 aromatic heterocycles. The molecule has 2 aliphatic heterocycles. The van der Waals surface area contributed by atoms with Gasteiger partial charge in [0, 0.05) is 32.7 Å². The molecule has 2 saturated heterocycles. The van der Waals surface area contributed by atoms with Crippen molar-refractivity contribution in [2.75, 3.05) is 39.3 Å². The highest BCUT2D eigenvalue weighted by molar-refractivity contribution is 7.89. The molecule has 3 rings (SSSR count). The van der Waals surface area contributed by atoms with E-state index >= 15 is 0 Å². The number of piperazine rings is 1. The van der Waals surface area contributed by atoms with Crippen LogP contribution in [0.2, 0.25) is 0 Å². The second-order valence-electron chi connectivity index (χ2n) is 8.90. The highest BCUT2D eigenvalue weighted by Gasteiger charge is 2.40. The monoisotopic (exact) mass is 485 g/mol. The zero-order chi connectivity index (χ0) is 24.4. The van der Waals surface area contributed by atoms with Crippen molar-refractivity contribution in [3.8, 4) is 0 Å². The lowest BCUT2D eigenvalue weighted by Crippen LogP contribution is -2.55. The van der Waals surface area contributed by atoms with Gasteiger partial charge >= 0.3 is 12.1 Å². The fourth-order valence-corrected chi connectivity index (χ4v) is 5.15. The Kier molecular flexibility index (Phi) is 7.37. The van der Waals surface area contributed by atoms with Crippen molar-refractivity contribution in [1.82, 2.24) is 14.1 Å². The van der Waals surface area contributed by atoms with E-state index in [1.807, 2.05) is 0 Å². The lowest BCUT2D eigenvalue weighted by molar-refractivity contribution is -0.137. The number of amides is 2. The number of furan rings is 1. The molecule has 0 aromatic carbocycles. The van der Waals surface area contributed by atoms with Crippen LogP contribution in [0.4, 0.5) is 4.79 Å². The van der Waals surface area contributed by atoms with E-state index in [4.69, 9.17) is 13.9 Å². The van der Waals surface area contributed by atoms with Crippen LogP contribution in [0.5, 0.6) is 0 Å². The number of esters is 1. The van der Waals surface area contributed by atoms with Gasteiger partial charge in [-0.25, -0.2) is 18.0 Å². The third-order valence-corrected chi connectivity index (χ3v) is 7.14. The Bertz CT molecular complexity index is 989. The minimum atomic E-state index is -3.97. The van der Waals surface area contributed by atoms with E-state index in [-0.39, 0.29) is 49.5 Å². The summed E-state index contributed by atoms with van der Waals surface area (Å²) in [5.74, 6) is -1.13. The molecule has 0 radical (unpaired) electrons. The maximum absolute atomic E-state index is 13.1. The van der Waals surface area contributed by atoms with Gasteiger partial charge in [-0.1, -0.05) is 0 Å². The molecule has 0 aliphatic carbocycles. The number of carbonyl (C=O) groups is 3. The molecule has 33 heavy (non-hydrogen) atoms. The molecule has 2 amide bonds. The minimum absolute atomic E-state index is 0.0721. The maximum Gasteiger partial charge on any atom is 0.410 e. The zero-order valence-corrected chi connectivity index (χ0v) is 20.2. The first-order chi connectivity index (χ1) is 15.4. The Labute approximate surface area is 193 Å². The summed E-state index contributed by atoms with van der Waals surface area (Å²) >= 11 is 0. The minimum Gasteiger partial charge on any atom is -0.460 e. The summed E-state index contributed by atoms with van der Waals surface area (Å²) in [7, 11) is -3.97. The van der Waals surface area contributed by atoms with E-state index in [2.05, 4.69) is 0 Å². The number of likely N-dealkylation sites (tertiary alicyclic amines) is 1. The number of carbonyl (C=O) groups excluding carboxylic acids is 3. The van der Waals surface area contributed by atoms with Crippen LogP contribution in [0.1, 0.15) is 51.1 Å². The lowest BCUT2D eigenvalue weighted by atomic mass is 10.1. The Balaban J connectivity index is 1.61. The van der Waals surface area contributed by atoms with E-state index in [0.717, 1.165) is 0 Å². The van der Waals surface area contributed by atoms with Gasteiger partial charge in [0.05, 0.1) is 6.61 Å². The second-order valence-corrected chi connectivity index (χ2v) is 10.8. The number of ether oxygens (including phenoxy) is 2. The van der Waals surface area contributed by atoms with Crippen LogP contribution in [-0.2, 0) is 24.3 Å². The van der Waals surface area contributed by atoms with E-state index in [0.29, 0.717) is 19.4 Å². The van der Waals surface area contributed by atoms with Gasteiger partial charge in [0.2, 0.25) is 16.8 Å². The van der Waals surface area contributed by atoms with E-state index in [9.17, 15) is 22.8 Å². The quantitative estimate of drug-likeness (QED) is 0.577. The molecule has 2 aliphatic rings. The smallest absolute Gasteiger partial charge is 0.410 e. The Hall–Kier alpha value is -2.60. The second kappa shape index (κ2) is 9.72. The van der Waals surface area contributed by atoms with Crippen molar-refractivity contribution in [3.05, 3.63) is 17.9 Å². The summed E-state index contributed by atoms with van der Waals surface area (Å²) in [4.78, 5) is 40.4. The van der Waals surface area contributed by atoms with Crippen molar-refractivity contribution < 1.29 is 36.7 Å². The predicted molar refractivity (Wildman–Crippen MR) is 116 cm³/mol. The maximum atomic E-state index is 13.1. The molecule has 184 valence electrons. The van der Waals surface area contributed by atoms with Gasteiger partial charge < -0.3 is 18.8 Å². The van der Waals surface area contributed by atoms with Crippen LogP contribution >= 0.6 is 0 Å². The van der Waals surface area contributed by atoms with Crippen LogP contribution < -0.4 is 0 Å². The average Bonchev–Trinajstić information content (AvgIpc) is 3.42. The summed E-state index contributed by atoms with van der Waals surface area (Å²) in [6.45, 7) is 8.04. The number of rotatable bonds is 5. The Morgan fingerprint density at radius 1 is 1.09 bits per heavy atom. The van der Waals surface area contributed by atoms with Crippen molar-refractivity contribution in [1.29, 1.82) is 0 Å². The summed E-state index contributed by atoms with van der Waals surface area (Å²) in [6.07, 6.45) is 0.722. The number of hydrogen-bond donors (Lipinski definition) is 0. The first-order valence-corrected chi connectivity index (χ1v) is 12.4. The van der Waals surface area contributed by atoms with Gasteiger partial charge in [0.25, 0.3) is 10.0 Å². The summed E-state index contributed by atoms with van der Waals surface area (Å²) < 4.78 is 42.5. The standard InChI is InChI=1S/C21H31N3O8S/c1-5-30-19(26)16-8-9-17(31-16)33(28,29)23-13-11-22(12-14-23)18(25)15-7-6-10-24(15)20(27)32-21(2,3)4/h8-9,15H,5-7,10-14H2,1-4H3/t15-/m0/s1. The highest BCUT2D eigenvalue weighted by atomic mass is 32.2. The van der Waals surface area contributed by atoms with E-state index < -0.39 is 33.7 Å². The third kappa shape index (κ3) is 5.67. The molecule has 0 unspecified atom stereocenters. The Morgan fingerprint density at radius 2 is 1.76 bits per heavy atom. The van der Waals surface area contributed by atoms with Crippen LogP contribution in [0.25, 0.3) is 0 Å². The molecule has 0 saturated carbocycles.